The van der Waals surface area contributed by atoms with E-state index in [0.717, 1.165) is 19.3 Å². The molecule has 0 fully saturated rings. The Morgan fingerprint density at radius 2 is 1.15 bits per heavy atom. The normalized spacial score (nSPS) is 14.2. The maximum absolute atomic E-state index is 11.9. The van der Waals surface area contributed by atoms with Crippen molar-refractivity contribution in [3.63, 3.8) is 0 Å². The van der Waals surface area contributed by atoms with E-state index >= 15 is 0 Å². The molecule has 0 rings (SSSR count). The second-order valence-corrected chi connectivity index (χ2v) is 13.5. The van der Waals surface area contributed by atoms with Crippen molar-refractivity contribution < 1.29 is 42.7 Å². The first-order valence-electron chi connectivity index (χ1n) is 16.0. The molecule has 0 bridgehead atoms. The van der Waals surface area contributed by atoms with E-state index in [4.69, 9.17) is 19.0 Å². The summed E-state index contributed by atoms with van der Waals surface area (Å²) in [6.07, 6.45) is 23.8. The molecule has 10 heteroatoms. The predicted molar refractivity (Wildman–Crippen MR) is 159 cm³/mol. The van der Waals surface area contributed by atoms with Crippen LogP contribution in [0.25, 0.3) is 0 Å². The lowest BCUT2D eigenvalue weighted by Gasteiger charge is -2.27. The fraction of sp³-hybridized carbons (Fsp3) is 0.967. The van der Waals surface area contributed by atoms with Crippen LogP contribution in [0, 0.1) is 0 Å². The van der Waals surface area contributed by atoms with Crippen molar-refractivity contribution >= 4 is 13.8 Å². The van der Waals surface area contributed by atoms with Crippen molar-refractivity contribution in [3.8, 4) is 0 Å². The molecule has 0 aliphatic rings. The highest BCUT2D eigenvalue weighted by Gasteiger charge is 2.19. The Kier molecular flexibility index (Phi) is 25.8. The molecule has 1 unspecified atom stereocenters. The van der Waals surface area contributed by atoms with Gasteiger partial charge >= 0.3 is 5.97 Å². The third-order valence-electron chi connectivity index (χ3n) is 6.99. The molecule has 0 amide bonds. The molecule has 0 saturated heterocycles. The molecule has 0 aromatic rings. The van der Waals surface area contributed by atoms with Gasteiger partial charge in [-0.15, -0.1) is 0 Å². The minimum Gasteiger partial charge on any atom is -0.756 e. The zero-order chi connectivity index (χ0) is 30.0. The number of phosphoric ester groups is 1. The quantitative estimate of drug-likeness (QED) is 0.0228. The van der Waals surface area contributed by atoms with Gasteiger partial charge in [0.05, 0.1) is 27.7 Å². The molecule has 9 nitrogen and oxygen atoms in total. The molecule has 0 radical (unpaired) electrons. The van der Waals surface area contributed by atoms with Crippen LogP contribution in [0.15, 0.2) is 0 Å². The summed E-state index contributed by atoms with van der Waals surface area (Å²) in [7, 11) is 1.19. The molecular weight excluding hydrogens is 533 g/mol. The first kappa shape index (κ1) is 39.5. The molecule has 40 heavy (non-hydrogen) atoms. The van der Waals surface area contributed by atoms with Crippen molar-refractivity contribution in [2.75, 3.05) is 47.5 Å². The average molecular weight is 596 g/mol. The Morgan fingerprint density at radius 3 is 1.55 bits per heavy atom. The molecule has 0 aliphatic carbocycles. The van der Waals surface area contributed by atoms with Gasteiger partial charge in [-0.1, -0.05) is 122 Å². The van der Waals surface area contributed by atoms with Gasteiger partial charge < -0.3 is 23.2 Å². The van der Waals surface area contributed by atoms with Crippen LogP contribution in [0.4, 0.5) is 0 Å². The number of esters is 1. The molecule has 0 spiro atoms. The summed E-state index contributed by atoms with van der Waals surface area (Å²) in [4.78, 5) is 27.9. The van der Waals surface area contributed by atoms with Gasteiger partial charge in [-0.3, -0.25) is 14.6 Å². The largest absolute Gasteiger partial charge is 0.756 e. The highest BCUT2D eigenvalue weighted by Crippen LogP contribution is 2.38. The molecule has 0 aliphatic heterocycles. The minimum atomic E-state index is -4.53. The van der Waals surface area contributed by atoms with E-state index in [-0.39, 0.29) is 19.6 Å². The molecule has 1 N–H and O–H groups in total. The molecular formula is C30H62NO8P. The number of unbranched alkanes of at least 4 members (excludes halogenated alkanes) is 18. The summed E-state index contributed by atoms with van der Waals surface area (Å²) >= 11 is 0. The maximum atomic E-state index is 11.9. The highest BCUT2D eigenvalue weighted by molar-refractivity contribution is 7.45. The number of ether oxygens (including phenoxy) is 1. The molecule has 0 aromatic carbocycles. The van der Waals surface area contributed by atoms with Crippen molar-refractivity contribution in [1.82, 2.24) is 0 Å². The van der Waals surface area contributed by atoms with Gasteiger partial charge in [0.1, 0.15) is 19.8 Å². The van der Waals surface area contributed by atoms with E-state index in [1.54, 1.807) is 0 Å². The molecule has 240 valence electrons. The van der Waals surface area contributed by atoms with Crippen LogP contribution >= 0.6 is 7.82 Å². The topological polar surface area (TPSA) is 114 Å². The van der Waals surface area contributed by atoms with Gasteiger partial charge in [0.2, 0.25) is 0 Å². The average Bonchev–Trinajstić information content (AvgIpc) is 2.89. The molecule has 0 saturated carbocycles. The van der Waals surface area contributed by atoms with Crippen LogP contribution in [0.3, 0.4) is 0 Å². The van der Waals surface area contributed by atoms with Crippen LogP contribution in [-0.4, -0.2) is 69.3 Å². The maximum Gasteiger partial charge on any atom is 0.305 e. The van der Waals surface area contributed by atoms with Crippen LogP contribution in [0.5, 0.6) is 0 Å². The van der Waals surface area contributed by atoms with Crippen LogP contribution < -0.4 is 4.89 Å². The summed E-state index contributed by atoms with van der Waals surface area (Å²) in [5.74, 6) is -0.404. The lowest BCUT2D eigenvalue weighted by Crippen LogP contribution is -2.37. The molecule has 2 atom stereocenters. The Bertz CT molecular complexity index is 629. The Hall–Kier alpha value is -0.540. The summed E-state index contributed by atoms with van der Waals surface area (Å²) in [5, 5.41) is 8.96. The summed E-state index contributed by atoms with van der Waals surface area (Å²) in [6, 6.07) is 0. The zero-order valence-corrected chi connectivity index (χ0v) is 27.1. The Morgan fingerprint density at radius 1 is 0.725 bits per heavy atom. The summed E-state index contributed by atoms with van der Waals surface area (Å²) in [5.41, 5.74) is 0. The second-order valence-electron chi connectivity index (χ2n) is 12.1. The van der Waals surface area contributed by atoms with E-state index < -0.39 is 26.5 Å². The van der Waals surface area contributed by atoms with Crippen LogP contribution in [-0.2, 0) is 28.0 Å². The fourth-order valence-electron chi connectivity index (χ4n) is 4.35. The van der Waals surface area contributed by atoms with Crippen molar-refractivity contribution in [1.29, 1.82) is 0 Å². The minimum absolute atomic E-state index is 0.0245. The molecule has 0 heterocycles. The Balaban J connectivity index is 3.55. The number of likely N-dealkylation sites (N-methyl/N-ethyl adjacent to an activating group) is 1. The number of hydrogen-bond donors (Lipinski definition) is 1. The smallest absolute Gasteiger partial charge is 0.305 e. The number of rotatable bonds is 30. The van der Waals surface area contributed by atoms with E-state index in [0.29, 0.717) is 11.0 Å². The standard InChI is InChI=1S/C30H62NO8P/c1-5-6-7-8-9-10-11-12-13-14-15-16-17-18-19-20-21-22-23-24-30(32)36-27-29(39-33)28-38-40(34,35)37-26-25-31(2,3)4/h29H,5-28H2,1-4H3,(H-,33,34,35)/t29-/m1/s1. The lowest BCUT2D eigenvalue weighted by molar-refractivity contribution is -0.870. The van der Waals surface area contributed by atoms with Crippen molar-refractivity contribution in [2.45, 2.75) is 141 Å². The highest BCUT2D eigenvalue weighted by atomic mass is 31.2. The number of carbonyl (C=O) groups is 1. The van der Waals surface area contributed by atoms with Gasteiger partial charge in [0.25, 0.3) is 7.82 Å². The van der Waals surface area contributed by atoms with E-state index in [1.807, 2.05) is 21.1 Å². The number of nitrogens with zero attached hydrogens (tertiary/aromatic N) is 1. The Labute approximate surface area is 245 Å². The number of phosphoric acid groups is 1. The second kappa shape index (κ2) is 26.1. The lowest BCUT2D eigenvalue weighted by atomic mass is 10.0. The van der Waals surface area contributed by atoms with Gasteiger partial charge in [0.15, 0.2) is 6.10 Å². The molecule has 0 aromatic heterocycles. The van der Waals surface area contributed by atoms with Crippen LogP contribution in [0.2, 0.25) is 0 Å². The third-order valence-corrected chi connectivity index (χ3v) is 7.96. The van der Waals surface area contributed by atoms with Gasteiger partial charge in [-0.2, -0.15) is 0 Å². The monoisotopic (exact) mass is 595 g/mol. The first-order chi connectivity index (χ1) is 19.1. The summed E-state index contributed by atoms with van der Waals surface area (Å²) in [6.45, 7) is 1.92. The fourth-order valence-corrected chi connectivity index (χ4v) is 5.08. The summed E-state index contributed by atoms with van der Waals surface area (Å²) < 4.78 is 26.9. The van der Waals surface area contributed by atoms with Gasteiger partial charge in [-0.25, -0.2) is 4.89 Å². The van der Waals surface area contributed by atoms with E-state index in [2.05, 4.69) is 11.8 Å². The van der Waals surface area contributed by atoms with E-state index in [1.165, 1.54) is 103 Å². The number of carbonyl (C=O) groups excluding carboxylic acids is 1. The first-order valence-corrected chi connectivity index (χ1v) is 17.4. The van der Waals surface area contributed by atoms with Gasteiger partial charge in [-0.05, 0) is 6.42 Å². The SMILES string of the molecule is CCCCCCCCCCCCCCCCCCCCCC(=O)OC[C@H](COP(=O)([O-])OCC[N+](C)(C)C)OO. The predicted octanol–water partition coefficient (Wildman–Crippen LogP) is 7.42. The van der Waals surface area contributed by atoms with Crippen LogP contribution in [0.1, 0.15) is 135 Å². The van der Waals surface area contributed by atoms with Crippen molar-refractivity contribution in [2.24, 2.45) is 0 Å². The van der Waals surface area contributed by atoms with Gasteiger partial charge in [0, 0.05) is 6.42 Å². The zero-order valence-electron chi connectivity index (χ0n) is 26.2. The van der Waals surface area contributed by atoms with Crippen molar-refractivity contribution in [3.05, 3.63) is 0 Å². The number of hydrogen-bond acceptors (Lipinski definition) is 8. The number of quaternary nitrogens is 1. The van der Waals surface area contributed by atoms with E-state index in [9.17, 15) is 14.3 Å². The third kappa shape index (κ3) is 29.0.